The molecule has 0 bridgehead atoms. The molecule has 1 saturated heterocycles. The van der Waals surface area contributed by atoms with Crippen molar-refractivity contribution in [3.05, 3.63) is 29.6 Å². The summed E-state index contributed by atoms with van der Waals surface area (Å²) < 4.78 is 18.9. The number of aromatic carboxylic acids is 1. The second-order valence-electron chi connectivity index (χ2n) is 4.34. The summed E-state index contributed by atoms with van der Waals surface area (Å²) in [6, 6.07) is 3.35. The maximum absolute atomic E-state index is 13.6. The lowest BCUT2D eigenvalue weighted by Crippen LogP contribution is -2.33. The van der Waals surface area contributed by atoms with Crippen LogP contribution in [-0.4, -0.2) is 29.7 Å². The SMILES string of the molecule is O=C(O)c1ccc(NC(=O)C2CCCCO2)c(F)c1. The normalized spacial score (nSPS) is 18.9. The average Bonchev–Trinajstić information content (AvgIpc) is 2.41. The zero-order valence-electron chi connectivity index (χ0n) is 10.2. The smallest absolute Gasteiger partial charge is 0.335 e. The van der Waals surface area contributed by atoms with Crippen molar-refractivity contribution in [1.29, 1.82) is 0 Å². The van der Waals surface area contributed by atoms with Crippen molar-refractivity contribution in [2.75, 3.05) is 11.9 Å². The summed E-state index contributed by atoms with van der Waals surface area (Å²) >= 11 is 0. The fourth-order valence-corrected chi connectivity index (χ4v) is 1.91. The van der Waals surface area contributed by atoms with Crippen LogP contribution in [0.25, 0.3) is 0 Å². The Morgan fingerprint density at radius 2 is 2.16 bits per heavy atom. The summed E-state index contributed by atoms with van der Waals surface area (Å²) in [6.07, 6.45) is 1.87. The van der Waals surface area contributed by atoms with Gasteiger partial charge in [-0.3, -0.25) is 4.79 Å². The van der Waals surface area contributed by atoms with Gasteiger partial charge in [0.25, 0.3) is 5.91 Å². The fraction of sp³-hybridized carbons (Fsp3) is 0.385. The zero-order chi connectivity index (χ0) is 13.8. The third kappa shape index (κ3) is 3.29. The molecule has 1 aliphatic heterocycles. The Morgan fingerprint density at radius 3 is 2.74 bits per heavy atom. The number of carbonyl (C=O) groups excluding carboxylic acids is 1. The molecule has 102 valence electrons. The van der Waals surface area contributed by atoms with E-state index in [2.05, 4.69) is 5.32 Å². The summed E-state index contributed by atoms with van der Waals surface area (Å²) in [4.78, 5) is 22.5. The lowest BCUT2D eigenvalue weighted by atomic mass is 10.1. The summed E-state index contributed by atoms with van der Waals surface area (Å²) in [5.74, 6) is -2.39. The molecule has 19 heavy (non-hydrogen) atoms. The van der Waals surface area contributed by atoms with Gasteiger partial charge in [-0.15, -0.1) is 0 Å². The highest BCUT2D eigenvalue weighted by atomic mass is 19.1. The van der Waals surface area contributed by atoms with Crippen LogP contribution in [0.1, 0.15) is 29.6 Å². The number of carboxylic acids is 1. The van der Waals surface area contributed by atoms with Gasteiger partial charge in [-0.2, -0.15) is 0 Å². The second-order valence-corrected chi connectivity index (χ2v) is 4.34. The van der Waals surface area contributed by atoms with Crippen LogP contribution in [0.2, 0.25) is 0 Å². The molecule has 1 aliphatic rings. The topological polar surface area (TPSA) is 75.6 Å². The minimum absolute atomic E-state index is 0.0378. The van der Waals surface area contributed by atoms with Crippen LogP contribution in [0, 0.1) is 5.82 Å². The lowest BCUT2D eigenvalue weighted by Gasteiger charge is -2.21. The first kappa shape index (κ1) is 13.5. The van der Waals surface area contributed by atoms with E-state index in [1.54, 1.807) is 0 Å². The molecule has 1 fully saturated rings. The van der Waals surface area contributed by atoms with Gasteiger partial charge in [0, 0.05) is 6.61 Å². The Kier molecular flexibility index (Phi) is 4.11. The van der Waals surface area contributed by atoms with Crippen molar-refractivity contribution in [1.82, 2.24) is 0 Å². The van der Waals surface area contributed by atoms with E-state index in [0.717, 1.165) is 18.9 Å². The number of rotatable bonds is 3. The molecular weight excluding hydrogens is 253 g/mol. The number of benzene rings is 1. The molecule has 1 amide bonds. The molecule has 0 aromatic heterocycles. The first-order valence-corrected chi connectivity index (χ1v) is 6.03. The molecule has 2 rings (SSSR count). The summed E-state index contributed by atoms with van der Waals surface area (Å²) in [6.45, 7) is 0.526. The van der Waals surface area contributed by atoms with Crippen LogP contribution in [-0.2, 0) is 9.53 Å². The van der Waals surface area contributed by atoms with Gasteiger partial charge < -0.3 is 15.2 Å². The molecule has 1 atom stereocenters. The summed E-state index contributed by atoms with van der Waals surface area (Å²) in [7, 11) is 0. The van der Waals surface area contributed by atoms with Crippen molar-refractivity contribution in [3.63, 3.8) is 0 Å². The van der Waals surface area contributed by atoms with E-state index in [9.17, 15) is 14.0 Å². The number of carboxylic acid groups (broad SMARTS) is 1. The average molecular weight is 267 g/mol. The van der Waals surface area contributed by atoms with Crippen molar-refractivity contribution in [2.24, 2.45) is 0 Å². The van der Waals surface area contributed by atoms with Gasteiger partial charge >= 0.3 is 5.97 Å². The minimum Gasteiger partial charge on any atom is -0.478 e. The number of hydrogen-bond donors (Lipinski definition) is 2. The fourth-order valence-electron chi connectivity index (χ4n) is 1.91. The van der Waals surface area contributed by atoms with Gasteiger partial charge in [0.2, 0.25) is 0 Å². The number of ether oxygens (including phenoxy) is 1. The molecule has 1 aromatic carbocycles. The molecule has 5 nitrogen and oxygen atoms in total. The molecule has 1 heterocycles. The minimum atomic E-state index is -1.22. The molecule has 1 aromatic rings. The number of carbonyl (C=O) groups is 2. The first-order chi connectivity index (χ1) is 9.08. The third-order valence-electron chi connectivity index (χ3n) is 2.95. The standard InChI is InChI=1S/C13H14FNO4/c14-9-7-8(13(17)18)4-5-10(9)15-12(16)11-3-1-2-6-19-11/h4-5,7,11H,1-3,6H2,(H,15,16)(H,17,18). The maximum atomic E-state index is 13.6. The molecule has 0 radical (unpaired) electrons. The molecule has 1 unspecified atom stereocenters. The summed E-state index contributed by atoms with van der Waals surface area (Å²) in [5.41, 5.74) is -0.200. The molecular formula is C13H14FNO4. The van der Waals surface area contributed by atoms with Gasteiger partial charge in [0.05, 0.1) is 11.3 Å². The van der Waals surface area contributed by atoms with Gasteiger partial charge in [-0.1, -0.05) is 0 Å². The Bertz CT molecular complexity index is 497. The van der Waals surface area contributed by atoms with E-state index in [4.69, 9.17) is 9.84 Å². The van der Waals surface area contributed by atoms with E-state index in [1.807, 2.05) is 0 Å². The number of halogens is 1. The van der Waals surface area contributed by atoms with Crippen LogP contribution in [0.5, 0.6) is 0 Å². The Hall–Kier alpha value is -1.95. The van der Waals surface area contributed by atoms with E-state index < -0.39 is 23.8 Å². The van der Waals surface area contributed by atoms with Gasteiger partial charge in [0.15, 0.2) is 0 Å². The van der Waals surface area contributed by atoms with E-state index in [0.29, 0.717) is 13.0 Å². The summed E-state index contributed by atoms with van der Waals surface area (Å²) in [5, 5.41) is 11.1. The van der Waals surface area contributed by atoms with Crippen LogP contribution in [0.3, 0.4) is 0 Å². The first-order valence-electron chi connectivity index (χ1n) is 6.03. The predicted molar refractivity (Wildman–Crippen MR) is 65.6 cm³/mol. The quantitative estimate of drug-likeness (QED) is 0.878. The highest BCUT2D eigenvalue weighted by molar-refractivity contribution is 5.95. The molecule has 0 aliphatic carbocycles. The molecule has 6 heteroatoms. The van der Waals surface area contributed by atoms with Crippen molar-refractivity contribution < 1.29 is 23.8 Å². The van der Waals surface area contributed by atoms with Crippen molar-refractivity contribution >= 4 is 17.6 Å². The molecule has 2 N–H and O–H groups in total. The van der Waals surface area contributed by atoms with E-state index in [1.165, 1.54) is 12.1 Å². The van der Waals surface area contributed by atoms with Gasteiger partial charge in [-0.05, 0) is 37.5 Å². The second kappa shape index (κ2) is 5.79. The Balaban J connectivity index is 2.06. The third-order valence-corrected chi connectivity index (χ3v) is 2.95. The molecule has 0 spiro atoms. The lowest BCUT2D eigenvalue weighted by molar-refractivity contribution is -0.130. The van der Waals surface area contributed by atoms with Crippen LogP contribution >= 0.6 is 0 Å². The maximum Gasteiger partial charge on any atom is 0.335 e. The van der Waals surface area contributed by atoms with E-state index >= 15 is 0 Å². The monoisotopic (exact) mass is 267 g/mol. The Labute approximate surface area is 109 Å². The van der Waals surface area contributed by atoms with Crippen LogP contribution in [0.4, 0.5) is 10.1 Å². The van der Waals surface area contributed by atoms with E-state index in [-0.39, 0.29) is 11.3 Å². The van der Waals surface area contributed by atoms with Crippen molar-refractivity contribution in [3.8, 4) is 0 Å². The Morgan fingerprint density at radius 1 is 1.37 bits per heavy atom. The number of nitrogens with one attached hydrogen (secondary N) is 1. The number of amides is 1. The predicted octanol–water partition coefficient (Wildman–Crippen LogP) is 2.03. The number of hydrogen-bond acceptors (Lipinski definition) is 3. The van der Waals surface area contributed by atoms with Crippen LogP contribution < -0.4 is 5.32 Å². The number of anilines is 1. The van der Waals surface area contributed by atoms with Crippen LogP contribution in [0.15, 0.2) is 18.2 Å². The van der Waals surface area contributed by atoms with Gasteiger partial charge in [0.1, 0.15) is 11.9 Å². The zero-order valence-corrected chi connectivity index (χ0v) is 10.2. The largest absolute Gasteiger partial charge is 0.478 e. The highest BCUT2D eigenvalue weighted by Crippen LogP contribution is 2.19. The molecule has 0 saturated carbocycles. The highest BCUT2D eigenvalue weighted by Gasteiger charge is 2.22. The van der Waals surface area contributed by atoms with Gasteiger partial charge in [-0.25, -0.2) is 9.18 Å². The van der Waals surface area contributed by atoms with Crippen molar-refractivity contribution in [2.45, 2.75) is 25.4 Å².